The molecule has 1 fully saturated rings. The SMILES string of the molecule is O=c1c2c(-c3nc(C4CCCO4)no3)ncn2c2ccccc2n1Cc1ccccn1. The van der Waals surface area contributed by atoms with Crippen LogP contribution < -0.4 is 5.56 Å². The molecule has 154 valence electrons. The van der Waals surface area contributed by atoms with Gasteiger partial charge >= 0.3 is 0 Å². The zero-order chi connectivity index (χ0) is 20.8. The van der Waals surface area contributed by atoms with E-state index >= 15 is 0 Å². The third kappa shape index (κ3) is 2.93. The minimum Gasteiger partial charge on any atom is -0.370 e. The molecule has 0 N–H and O–H groups in total. The first kappa shape index (κ1) is 18.0. The monoisotopic (exact) mass is 414 g/mol. The lowest BCUT2D eigenvalue weighted by Gasteiger charge is -2.12. The van der Waals surface area contributed by atoms with Gasteiger partial charge in [-0.2, -0.15) is 4.98 Å². The van der Waals surface area contributed by atoms with E-state index in [9.17, 15) is 4.79 Å². The molecule has 4 aromatic heterocycles. The van der Waals surface area contributed by atoms with E-state index in [0.717, 1.165) is 29.6 Å². The van der Waals surface area contributed by atoms with Gasteiger partial charge in [0.15, 0.2) is 5.69 Å². The molecule has 5 aromatic rings. The smallest absolute Gasteiger partial charge is 0.279 e. The lowest BCUT2D eigenvalue weighted by atomic mass is 10.2. The van der Waals surface area contributed by atoms with Crippen molar-refractivity contribution in [3.05, 3.63) is 76.9 Å². The Bertz CT molecular complexity index is 1450. The molecule has 9 heteroatoms. The first-order chi connectivity index (χ1) is 15.3. The quantitative estimate of drug-likeness (QED) is 0.446. The summed E-state index contributed by atoms with van der Waals surface area (Å²) in [5.74, 6) is 0.702. The average molecular weight is 414 g/mol. The van der Waals surface area contributed by atoms with Gasteiger partial charge in [0.05, 0.1) is 23.3 Å². The van der Waals surface area contributed by atoms with Crippen molar-refractivity contribution < 1.29 is 9.26 Å². The fraction of sp³-hybridized carbons (Fsp3) is 0.227. The highest BCUT2D eigenvalue weighted by atomic mass is 16.5. The Balaban J connectivity index is 1.56. The minimum atomic E-state index is -0.200. The number of fused-ring (bicyclic) bond motifs is 3. The van der Waals surface area contributed by atoms with Gasteiger partial charge in [-0.3, -0.25) is 18.7 Å². The van der Waals surface area contributed by atoms with Gasteiger partial charge in [-0.15, -0.1) is 0 Å². The van der Waals surface area contributed by atoms with Crippen LogP contribution in [0.5, 0.6) is 0 Å². The van der Waals surface area contributed by atoms with E-state index in [1.807, 2.05) is 42.5 Å². The summed E-state index contributed by atoms with van der Waals surface area (Å²) < 4.78 is 14.6. The van der Waals surface area contributed by atoms with Crippen LogP contribution in [0.25, 0.3) is 28.1 Å². The number of imidazole rings is 1. The van der Waals surface area contributed by atoms with Crippen LogP contribution in [0.4, 0.5) is 0 Å². The first-order valence-corrected chi connectivity index (χ1v) is 10.1. The number of ether oxygens (including phenoxy) is 1. The number of para-hydroxylation sites is 2. The van der Waals surface area contributed by atoms with E-state index < -0.39 is 0 Å². The van der Waals surface area contributed by atoms with E-state index in [1.54, 1.807) is 21.5 Å². The number of hydrogen-bond acceptors (Lipinski definition) is 7. The topological polar surface area (TPSA) is 100 Å². The van der Waals surface area contributed by atoms with Crippen LogP contribution in [0, 0.1) is 0 Å². The molecule has 1 aliphatic rings. The van der Waals surface area contributed by atoms with Gasteiger partial charge in [0.25, 0.3) is 11.4 Å². The minimum absolute atomic E-state index is 0.173. The van der Waals surface area contributed by atoms with Crippen molar-refractivity contribution in [2.24, 2.45) is 0 Å². The first-order valence-electron chi connectivity index (χ1n) is 10.1. The molecular weight excluding hydrogens is 396 g/mol. The Kier molecular flexibility index (Phi) is 4.13. The molecule has 31 heavy (non-hydrogen) atoms. The zero-order valence-corrected chi connectivity index (χ0v) is 16.5. The van der Waals surface area contributed by atoms with Crippen LogP contribution in [-0.4, -0.2) is 35.7 Å². The summed E-state index contributed by atoms with van der Waals surface area (Å²) in [7, 11) is 0. The second-order valence-electron chi connectivity index (χ2n) is 7.47. The van der Waals surface area contributed by atoms with Crippen LogP contribution >= 0.6 is 0 Å². The summed E-state index contributed by atoms with van der Waals surface area (Å²) in [6, 6.07) is 13.4. The van der Waals surface area contributed by atoms with Crippen molar-refractivity contribution in [2.45, 2.75) is 25.5 Å². The van der Waals surface area contributed by atoms with Crippen molar-refractivity contribution in [3.8, 4) is 11.6 Å². The lowest BCUT2D eigenvalue weighted by Crippen LogP contribution is -2.24. The normalized spacial score (nSPS) is 16.5. The number of aromatic nitrogens is 6. The molecule has 0 aliphatic carbocycles. The number of rotatable bonds is 4. The molecule has 9 nitrogen and oxygen atoms in total. The van der Waals surface area contributed by atoms with Gasteiger partial charge in [0.2, 0.25) is 5.82 Å². The molecule has 0 bridgehead atoms. The van der Waals surface area contributed by atoms with Crippen LogP contribution in [0.15, 0.2) is 64.3 Å². The maximum Gasteiger partial charge on any atom is 0.279 e. The maximum atomic E-state index is 13.6. The summed E-state index contributed by atoms with van der Waals surface area (Å²) in [5.41, 5.74) is 2.98. The highest BCUT2D eigenvalue weighted by Gasteiger charge is 2.26. The fourth-order valence-electron chi connectivity index (χ4n) is 4.08. The summed E-state index contributed by atoms with van der Waals surface area (Å²) >= 11 is 0. The number of hydrogen-bond donors (Lipinski definition) is 0. The summed E-state index contributed by atoms with van der Waals surface area (Å²) in [5, 5.41) is 4.06. The van der Waals surface area contributed by atoms with E-state index in [-0.39, 0.29) is 17.6 Å². The average Bonchev–Trinajstić information content (AvgIpc) is 3.57. The third-order valence-electron chi connectivity index (χ3n) is 5.56. The number of pyridine rings is 1. The van der Waals surface area contributed by atoms with Crippen LogP contribution in [0.3, 0.4) is 0 Å². The van der Waals surface area contributed by atoms with Crippen LogP contribution in [-0.2, 0) is 11.3 Å². The molecule has 5 heterocycles. The standard InChI is InChI=1S/C22H18N6O3/c29-22-19-18(21-25-20(26-31-21)17-9-5-11-30-17)24-13-28(19)16-8-2-1-7-15(16)27(22)12-14-6-3-4-10-23-14/h1-4,6-8,10,13,17H,5,9,11-12H2. The molecule has 0 spiro atoms. The molecule has 1 unspecified atom stereocenters. The fourth-order valence-corrected chi connectivity index (χ4v) is 4.08. The Morgan fingerprint density at radius 1 is 1.06 bits per heavy atom. The second kappa shape index (κ2) is 7.13. The molecule has 0 saturated carbocycles. The van der Waals surface area contributed by atoms with Crippen LogP contribution in [0.1, 0.15) is 30.5 Å². The van der Waals surface area contributed by atoms with Crippen molar-refractivity contribution in [1.82, 2.24) is 29.1 Å². The largest absolute Gasteiger partial charge is 0.370 e. The van der Waals surface area contributed by atoms with E-state index in [2.05, 4.69) is 20.1 Å². The van der Waals surface area contributed by atoms with Gasteiger partial charge in [-0.05, 0) is 37.1 Å². The highest BCUT2D eigenvalue weighted by molar-refractivity contribution is 5.83. The Morgan fingerprint density at radius 2 is 1.94 bits per heavy atom. The number of nitrogens with zero attached hydrogens (tertiary/aromatic N) is 6. The second-order valence-corrected chi connectivity index (χ2v) is 7.47. The van der Waals surface area contributed by atoms with Crippen molar-refractivity contribution >= 4 is 16.6 Å². The Labute approximate surface area is 175 Å². The molecule has 0 radical (unpaired) electrons. The zero-order valence-electron chi connectivity index (χ0n) is 16.5. The van der Waals surface area contributed by atoms with Crippen LogP contribution in [0.2, 0.25) is 0 Å². The van der Waals surface area contributed by atoms with E-state index in [0.29, 0.717) is 30.2 Å². The summed E-state index contributed by atoms with van der Waals surface area (Å²) in [6.45, 7) is 1.03. The van der Waals surface area contributed by atoms with Gasteiger partial charge in [-0.1, -0.05) is 23.4 Å². The van der Waals surface area contributed by atoms with Gasteiger partial charge in [0.1, 0.15) is 17.9 Å². The predicted octanol–water partition coefficient (Wildman–Crippen LogP) is 2.99. The maximum absolute atomic E-state index is 13.6. The van der Waals surface area contributed by atoms with Gasteiger partial charge in [-0.25, -0.2) is 4.98 Å². The molecular formula is C22H18N6O3. The number of benzene rings is 1. The van der Waals surface area contributed by atoms with Gasteiger partial charge in [0, 0.05) is 12.8 Å². The van der Waals surface area contributed by atoms with Crippen molar-refractivity contribution in [3.63, 3.8) is 0 Å². The molecule has 6 rings (SSSR count). The van der Waals surface area contributed by atoms with E-state index in [4.69, 9.17) is 9.26 Å². The van der Waals surface area contributed by atoms with Crippen molar-refractivity contribution in [1.29, 1.82) is 0 Å². The molecule has 1 aliphatic heterocycles. The van der Waals surface area contributed by atoms with Gasteiger partial charge < -0.3 is 9.26 Å². The molecule has 1 saturated heterocycles. The Hall–Kier alpha value is -3.85. The third-order valence-corrected chi connectivity index (χ3v) is 5.56. The lowest BCUT2D eigenvalue weighted by molar-refractivity contribution is 0.103. The predicted molar refractivity (Wildman–Crippen MR) is 112 cm³/mol. The highest BCUT2D eigenvalue weighted by Crippen LogP contribution is 2.29. The Morgan fingerprint density at radius 3 is 2.74 bits per heavy atom. The summed E-state index contributed by atoms with van der Waals surface area (Å²) in [4.78, 5) is 26.9. The van der Waals surface area contributed by atoms with E-state index in [1.165, 1.54) is 0 Å². The van der Waals surface area contributed by atoms with Crippen molar-refractivity contribution in [2.75, 3.05) is 6.61 Å². The molecule has 1 atom stereocenters. The molecule has 0 amide bonds. The molecule has 1 aromatic carbocycles. The summed E-state index contributed by atoms with van der Waals surface area (Å²) in [6.07, 6.45) is 4.98.